The van der Waals surface area contributed by atoms with Gasteiger partial charge in [-0.3, -0.25) is 4.79 Å². The van der Waals surface area contributed by atoms with E-state index >= 15 is 0 Å². The summed E-state index contributed by atoms with van der Waals surface area (Å²) in [5.74, 6) is -0.968. The van der Waals surface area contributed by atoms with Gasteiger partial charge in [-0.15, -0.1) is 0 Å². The number of nitrogens with zero attached hydrogens (tertiary/aromatic N) is 1. The molecule has 0 fully saturated rings. The molecule has 0 aliphatic heterocycles. The molecule has 0 saturated carbocycles. The lowest BCUT2D eigenvalue weighted by Gasteiger charge is -2.23. The Balaban J connectivity index is 2.70. The Kier molecular flexibility index (Phi) is 10.9. The van der Waals surface area contributed by atoms with Gasteiger partial charge in [-0.1, -0.05) is 44.2 Å². The van der Waals surface area contributed by atoms with Gasteiger partial charge in [-0.05, 0) is 30.7 Å². The van der Waals surface area contributed by atoms with E-state index in [0.717, 1.165) is 5.56 Å². The predicted molar refractivity (Wildman–Crippen MR) is 106 cm³/mol. The van der Waals surface area contributed by atoms with Crippen molar-refractivity contribution in [3.05, 3.63) is 35.9 Å². The maximum Gasteiger partial charge on any atom is 0.408 e. The van der Waals surface area contributed by atoms with E-state index in [4.69, 9.17) is 14.7 Å². The van der Waals surface area contributed by atoms with Crippen molar-refractivity contribution in [2.75, 3.05) is 7.11 Å². The highest BCUT2D eigenvalue weighted by atomic mass is 16.5. The van der Waals surface area contributed by atoms with Gasteiger partial charge >= 0.3 is 12.1 Å². The number of hydrogen-bond acceptors (Lipinski definition) is 6. The molecular weight excluding hydrogens is 374 g/mol. The fourth-order valence-electron chi connectivity index (χ4n) is 2.66. The fourth-order valence-corrected chi connectivity index (χ4v) is 2.66. The average Bonchev–Trinajstić information content (AvgIpc) is 2.71. The van der Waals surface area contributed by atoms with Crippen molar-refractivity contribution in [2.24, 2.45) is 5.92 Å². The van der Waals surface area contributed by atoms with E-state index in [2.05, 4.69) is 10.6 Å². The summed E-state index contributed by atoms with van der Waals surface area (Å²) in [7, 11) is 1.23. The Bertz CT molecular complexity index is 700. The van der Waals surface area contributed by atoms with Gasteiger partial charge in [0.25, 0.3) is 0 Å². The van der Waals surface area contributed by atoms with Gasteiger partial charge in [0.1, 0.15) is 18.7 Å². The van der Waals surface area contributed by atoms with Crippen molar-refractivity contribution < 1.29 is 23.9 Å². The number of benzene rings is 1. The summed E-state index contributed by atoms with van der Waals surface area (Å²) in [5, 5.41) is 13.8. The molecule has 0 bridgehead atoms. The molecule has 158 valence electrons. The number of methoxy groups -OCH3 is 1. The number of esters is 1. The molecule has 0 saturated heterocycles. The Labute approximate surface area is 171 Å². The second-order valence-corrected chi connectivity index (χ2v) is 7.02. The lowest BCUT2D eigenvalue weighted by atomic mass is 10.0. The number of carbonyl (C=O) groups excluding carboxylic acids is 3. The van der Waals surface area contributed by atoms with Crippen LogP contribution in [-0.2, 0) is 25.7 Å². The highest BCUT2D eigenvalue weighted by Crippen LogP contribution is 2.09. The quantitative estimate of drug-likeness (QED) is 0.433. The number of ether oxygens (including phenoxy) is 2. The van der Waals surface area contributed by atoms with Crippen LogP contribution in [-0.4, -0.2) is 37.2 Å². The molecule has 2 N–H and O–H groups in total. The van der Waals surface area contributed by atoms with Crippen molar-refractivity contribution in [1.82, 2.24) is 10.6 Å². The summed E-state index contributed by atoms with van der Waals surface area (Å²) in [4.78, 5) is 36.8. The third-order valence-corrected chi connectivity index (χ3v) is 4.11. The first-order valence-corrected chi connectivity index (χ1v) is 9.59. The Morgan fingerprint density at radius 1 is 1.10 bits per heavy atom. The van der Waals surface area contributed by atoms with Crippen LogP contribution >= 0.6 is 0 Å². The second-order valence-electron chi connectivity index (χ2n) is 7.02. The van der Waals surface area contributed by atoms with Crippen LogP contribution in [0.1, 0.15) is 45.1 Å². The first-order chi connectivity index (χ1) is 13.9. The number of nitriles is 1. The summed E-state index contributed by atoms with van der Waals surface area (Å²) in [6.07, 6.45) is 0.645. The van der Waals surface area contributed by atoms with Gasteiger partial charge in [0.2, 0.25) is 5.91 Å². The summed E-state index contributed by atoms with van der Waals surface area (Å²) in [6.45, 7) is 3.92. The van der Waals surface area contributed by atoms with E-state index in [0.29, 0.717) is 12.8 Å². The maximum atomic E-state index is 12.7. The summed E-state index contributed by atoms with van der Waals surface area (Å²) in [6, 6.07) is 9.45. The summed E-state index contributed by atoms with van der Waals surface area (Å²) in [5.41, 5.74) is 0.829. The monoisotopic (exact) mass is 403 g/mol. The number of rotatable bonds is 11. The maximum absolute atomic E-state index is 12.7. The summed E-state index contributed by atoms with van der Waals surface area (Å²) >= 11 is 0. The fraction of sp³-hybridized carbons (Fsp3) is 0.524. The van der Waals surface area contributed by atoms with Crippen LogP contribution in [0.2, 0.25) is 0 Å². The van der Waals surface area contributed by atoms with E-state index in [-0.39, 0.29) is 25.4 Å². The molecule has 0 radical (unpaired) electrons. The third kappa shape index (κ3) is 9.60. The first kappa shape index (κ1) is 24.0. The van der Waals surface area contributed by atoms with Crippen molar-refractivity contribution >= 4 is 18.0 Å². The molecule has 1 aromatic carbocycles. The average molecular weight is 403 g/mol. The third-order valence-electron chi connectivity index (χ3n) is 4.11. The lowest BCUT2D eigenvalue weighted by molar-refractivity contribution is -0.145. The molecule has 0 heterocycles. The van der Waals surface area contributed by atoms with Crippen LogP contribution in [0.25, 0.3) is 0 Å². The van der Waals surface area contributed by atoms with Gasteiger partial charge in [-0.2, -0.15) is 5.26 Å². The van der Waals surface area contributed by atoms with Gasteiger partial charge in [0, 0.05) is 6.42 Å². The molecular formula is C21H29N3O5. The van der Waals surface area contributed by atoms with Gasteiger partial charge in [-0.25, -0.2) is 9.59 Å². The number of nitrogens with one attached hydrogen (secondary N) is 2. The van der Waals surface area contributed by atoms with Crippen molar-refractivity contribution in [1.29, 1.82) is 5.26 Å². The molecule has 0 spiro atoms. The number of unbranched alkanes of at least 4 members (excludes halogenated alkanes) is 1. The SMILES string of the molecule is COC(=O)[C@H](CCCC#N)NC(=O)[C@H](CC(C)C)NC(=O)OCc1ccccc1. The van der Waals surface area contributed by atoms with Gasteiger partial charge in [0.05, 0.1) is 13.2 Å². The lowest BCUT2D eigenvalue weighted by Crippen LogP contribution is -2.52. The second kappa shape index (κ2) is 13.2. The van der Waals surface area contributed by atoms with Crippen LogP contribution in [0.5, 0.6) is 0 Å². The van der Waals surface area contributed by atoms with E-state index in [1.165, 1.54) is 7.11 Å². The Morgan fingerprint density at radius 2 is 1.79 bits per heavy atom. The van der Waals surface area contributed by atoms with E-state index < -0.39 is 30.1 Å². The highest BCUT2D eigenvalue weighted by Gasteiger charge is 2.28. The molecule has 2 atom stereocenters. The number of alkyl carbamates (subject to hydrolysis) is 1. The normalized spacial score (nSPS) is 12.4. The van der Waals surface area contributed by atoms with Crippen LogP contribution in [0, 0.1) is 17.2 Å². The standard InChI is InChI=1S/C21H29N3O5/c1-15(2)13-18(24-21(27)29-14-16-9-5-4-6-10-16)19(25)23-17(20(26)28-3)11-7-8-12-22/h4-6,9-10,15,17-18H,7-8,11,13-14H2,1-3H3,(H,23,25)(H,24,27)/t17-,18-/m0/s1. The molecule has 29 heavy (non-hydrogen) atoms. The molecule has 0 aromatic heterocycles. The summed E-state index contributed by atoms with van der Waals surface area (Å²) < 4.78 is 9.91. The molecule has 1 aromatic rings. The molecule has 1 rings (SSSR count). The molecule has 8 nitrogen and oxygen atoms in total. The topological polar surface area (TPSA) is 118 Å². The number of amides is 2. The van der Waals surface area contributed by atoms with Crippen LogP contribution in [0.3, 0.4) is 0 Å². The largest absolute Gasteiger partial charge is 0.467 e. The van der Waals surface area contributed by atoms with E-state index in [1.54, 1.807) is 0 Å². The van der Waals surface area contributed by atoms with E-state index in [9.17, 15) is 14.4 Å². The predicted octanol–water partition coefficient (Wildman–Crippen LogP) is 2.68. The van der Waals surface area contributed by atoms with Crippen molar-refractivity contribution in [2.45, 2.75) is 58.2 Å². The van der Waals surface area contributed by atoms with Crippen LogP contribution < -0.4 is 10.6 Å². The highest BCUT2D eigenvalue weighted by molar-refractivity contribution is 5.89. The number of carbonyl (C=O) groups is 3. The minimum Gasteiger partial charge on any atom is -0.467 e. The zero-order chi connectivity index (χ0) is 21.6. The van der Waals surface area contributed by atoms with Crippen LogP contribution in [0.4, 0.5) is 4.79 Å². The van der Waals surface area contributed by atoms with Gasteiger partial charge < -0.3 is 20.1 Å². The Morgan fingerprint density at radius 3 is 2.38 bits per heavy atom. The molecule has 2 amide bonds. The molecule has 0 unspecified atom stereocenters. The van der Waals surface area contributed by atoms with Crippen molar-refractivity contribution in [3.8, 4) is 6.07 Å². The number of hydrogen-bond donors (Lipinski definition) is 2. The Hall–Kier alpha value is -3.08. The molecule has 0 aliphatic rings. The minimum absolute atomic E-state index is 0.0850. The molecule has 0 aliphatic carbocycles. The zero-order valence-electron chi connectivity index (χ0n) is 17.1. The van der Waals surface area contributed by atoms with Gasteiger partial charge in [0.15, 0.2) is 0 Å². The first-order valence-electron chi connectivity index (χ1n) is 9.59. The molecule has 8 heteroatoms. The van der Waals surface area contributed by atoms with Crippen molar-refractivity contribution in [3.63, 3.8) is 0 Å². The zero-order valence-corrected chi connectivity index (χ0v) is 17.1. The minimum atomic E-state index is -0.877. The van der Waals surface area contributed by atoms with E-state index in [1.807, 2.05) is 50.2 Å². The smallest absolute Gasteiger partial charge is 0.408 e. The van der Waals surface area contributed by atoms with Crippen LogP contribution in [0.15, 0.2) is 30.3 Å².